The van der Waals surface area contributed by atoms with E-state index in [1.54, 1.807) is 38.6 Å². The Morgan fingerprint density at radius 2 is 1.73 bits per heavy atom. The predicted octanol–water partition coefficient (Wildman–Crippen LogP) is 4.53. The maximum Gasteiger partial charge on any atom is 0.164 e. The molecule has 1 aromatic carbocycles. The number of fused-ring (bicyclic) bond motifs is 1. The number of anilines is 2. The summed E-state index contributed by atoms with van der Waals surface area (Å²) in [5, 5.41) is 0.495. The number of hydrogen-bond acceptors (Lipinski definition) is 6. The van der Waals surface area contributed by atoms with Gasteiger partial charge in [-0.1, -0.05) is 11.6 Å². The summed E-state index contributed by atoms with van der Waals surface area (Å²) >= 11 is 6.35. The molecule has 0 unspecified atom stereocenters. The van der Waals surface area contributed by atoms with E-state index in [2.05, 4.69) is 26.9 Å². The fourth-order valence-corrected chi connectivity index (χ4v) is 4.43. The summed E-state index contributed by atoms with van der Waals surface area (Å²) in [6.07, 6.45) is 6.83. The van der Waals surface area contributed by atoms with Crippen molar-refractivity contribution in [3.8, 4) is 22.8 Å². The number of imidazole rings is 1. The third-order valence-electron chi connectivity index (χ3n) is 5.93. The average molecular weight is 468 g/mol. The quantitative estimate of drug-likeness (QED) is 0.430. The zero-order valence-corrected chi connectivity index (χ0v) is 19.1. The van der Waals surface area contributed by atoms with E-state index in [1.165, 1.54) is 6.20 Å². The van der Waals surface area contributed by atoms with Crippen LogP contribution in [0.15, 0.2) is 55.1 Å². The Labute approximate surface area is 196 Å². The molecule has 170 valence electrons. The highest BCUT2D eigenvalue weighted by molar-refractivity contribution is 6.32. The lowest BCUT2D eigenvalue weighted by molar-refractivity contribution is 0.395. The van der Waals surface area contributed by atoms with Gasteiger partial charge in [-0.05, 0) is 18.2 Å². The molecular formula is C24H23ClFN5O2. The van der Waals surface area contributed by atoms with Crippen molar-refractivity contribution in [3.05, 3.63) is 66.0 Å². The fourth-order valence-electron chi connectivity index (χ4n) is 4.19. The van der Waals surface area contributed by atoms with Gasteiger partial charge >= 0.3 is 0 Å². The molecule has 1 aliphatic heterocycles. The summed E-state index contributed by atoms with van der Waals surface area (Å²) in [6.45, 7) is 3.03. The molecule has 3 aromatic heterocycles. The number of piperazine rings is 1. The van der Waals surface area contributed by atoms with Crippen molar-refractivity contribution in [1.82, 2.24) is 14.4 Å². The molecule has 4 aromatic rings. The van der Waals surface area contributed by atoms with Gasteiger partial charge in [0.05, 0.1) is 36.8 Å². The minimum atomic E-state index is -0.286. The van der Waals surface area contributed by atoms with E-state index in [1.807, 2.05) is 16.8 Å². The number of ether oxygens (including phenoxy) is 2. The molecule has 0 N–H and O–H groups in total. The van der Waals surface area contributed by atoms with Crippen molar-refractivity contribution in [3.63, 3.8) is 0 Å². The topological polar surface area (TPSA) is 55.1 Å². The van der Waals surface area contributed by atoms with Crippen LogP contribution in [0.4, 0.5) is 15.8 Å². The van der Waals surface area contributed by atoms with E-state index < -0.39 is 0 Å². The van der Waals surface area contributed by atoms with Crippen molar-refractivity contribution >= 4 is 28.6 Å². The summed E-state index contributed by atoms with van der Waals surface area (Å²) in [7, 11) is 3.18. The standard InChI is InChI=1S/C24H23ClFN5O2/c1-32-22-13-23(33-2)18(25)12-17(22)20-15-31-6-4-16(11-24(31)28-20)29-7-9-30(10-8-29)21-3-5-27-14-19(21)26/h3-6,11-15H,7-10H2,1-2H3. The maximum absolute atomic E-state index is 14.1. The van der Waals surface area contributed by atoms with E-state index in [4.69, 9.17) is 26.1 Å². The van der Waals surface area contributed by atoms with Crippen LogP contribution in [0, 0.1) is 5.82 Å². The van der Waals surface area contributed by atoms with Crippen LogP contribution in [-0.4, -0.2) is 54.8 Å². The van der Waals surface area contributed by atoms with Crippen LogP contribution < -0.4 is 19.3 Å². The van der Waals surface area contributed by atoms with Crippen molar-refractivity contribution < 1.29 is 13.9 Å². The van der Waals surface area contributed by atoms with Gasteiger partial charge in [0.1, 0.15) is 17.1 Å². The summed E-state index contributed by atoms with van der Waals surface area (Å²) in [4.78, 5) is 13.0. The van der Waals surface area contributed by atoms with Gasteiger partial charge < -0.3 is 23.7 Å². The van der Waals surface area contributed by atoms with Gasteiger partial charge in [0.2, 0.25) is 0 Å². The average Bonchev–Trinajstić information content (AvgIpc) is 3.27. The lowest BCUT2D eigenvalue weighted by Crippen LogP contribution is -2.46. The minimum absolute atomic E-state index is 0.286. The van der Waals surface area contributed by atoms with E-state index in [-0.39, 0.29) is 5.82 Å². The van der Waals surface area contributed by atoms with Crippen molar-refractivity contribution in [1.29, 1.82) is 0 Å². The SMILES string of the molecule is COc1cc(OC)c(-c2cn3ccc(N4CCN(c5ccncc5F)CC4)cc3n2)cc1Cl. The molecule has 0 saturated carbocycles. The van der Waals surface area contributed by atoms with Crippen LogP contribution in [0.2, 0.25) is 5.02 Å². The second-order valence-electron chi connectivity index (χ2n) is 7.76. The molecule has 9 heteroatoms. The van der Waals surface area contributed by atoms with Gasteiger partial charge in [-0.25, -0.2) is 9.37 Å². The molecule has 1 aliphatic rings. The highest BCUT2D eigenvalue weighted by atomic mass is 35.5. The van der Waals surface area contributed by atoms with Gasteiger partial charge in [0.25, 0.3) is 0 Å². The zero-order chi connectivity index (χ0) is 22.9. The molecule has 33 heavy (non-hydrogen) atoms. The number of hydrogen-bond donors (Lipinski definition) is 0. The molecule has 0 bridgehead atoms. The second kappa shape index (κ2) is 8.78. The Balaban J connectivity index is 1.39. The third-order valence-corrected chi connectivity index (χ3v) is 6.23. The zero-order valence-electron chi connectivity index (χ0n) is 18.3. The lowest BCUT2D eigenvalue weighted by atomic mass is 10.1. The first-order chi connectivity index (χ1) is 16.1. The molecule has 0 amide bonds. The number of benzene rings is 1. The molecule has 1 saturated heterocycles. The molecule has 5 rings (SSSR count). The first-order valence-electron chi connectivity index (χ1n) is 10.6. The van der Waals surface area contributed by atoms with Gasteiger partial charge in [-0.15, -0.1) is 0 Å². The summed E-state index contributed by atoms with van der Waals surface area (Å²) in [5.41, 5.74) is 4.05. The van der Waals surface area contributed by atoms with Crippen molar-refractivity contribution in [2.24, 2.45) is 0 Å². The Bertz CT molecular complexity index is 1300. The number of nitrogens with zero attached hydrogens (tertiary/aromatic N) is 5. The second-order valence-corrected chi connectivity index (χ2v) is 8.17. The van der Waals surface area contributed by atoms with Crippen molar-refractivity contribution in [2.75, 3.05) is 50.2 Å². The predicted molar refractivity (Wildman–Crippen MR) is 127 cm³/mol. The third kappa shape index (κ3) is 4.02. The molecule has 0 radical (unpaired) electrons. The van der Waals surface area contributed by atoms with E-state index in [0.717, 1.165) is 48.8 Å². The number of halogens is 2. The maximum atomic E-state index is 14.1. The molecule has 7 nitrogen and oxygen atoms in total. The van der Waals surface area contributed by atoms with Crippen LogP contribution in [0.3, 0.4) is 0 Å². The van der Waals surface area contributed by atoms with E-state index in [9.17, 15) is 4.39 Å². The Morgan fingerprint density at radius 3 is 2.45 bits per heavy atom. The number of methoxy groups -OCH3 is 2. The molecule has 0 atom stereocenters. The number of rotatable bonds is 5. The molecule has 4 heterocycles. The summed E-state index contributed by atoms with van der Waals surface area (Å²) < 4.78 is 26.9. The first kappa shape index (κ1) is 21.3. The van der Waals surface area contributed by atoms with Gasteiger partial charge in [-0.3, -0.25) is 4.98 Å². The van der Waals surface area contributed by atoms with E-state index >= 15 is 0 Å². The molecule has 0 aliphatic carbocycles. The minimum Gasteiger partial charge on any atom is -0.496 e. The smallest absolute Gasteiger partial charge is 0.164 e. The summed E-state index contributed by atoms with van der Waals surface area (Å²) in [6, 6.07) is 9.42. The van der Waals surface area contributed by atoms with Crippen molar-refractivity contribution in [2.45, 2.75) is 0 Å². The highest BCUT2D eigenvalue weighted by Gasteiger charge is 2.21. The van der Waals surface area contributed by atoms with E-state index in [0.29, 0.717) is 22.2 Å². The normalized spacial score (nSPS) is 14.1. The highest BCUT2D eigenvalue weighted by Crippen LogP contribution is 2.38. The summed E-state index contributed by atoms with van der Waals surface area (Å²) in [5.74, 6) is 0.903. The Morgan fingerprint density at radius 1 is 0.970 bits per heavy atom. The van der Waals surface area contributed by atoms with Gasteiger partial charge in [0.15, 0.2) is 5.82 Å². The monoisotopic (exact) mass is 467 g/mol. The van der Waals surface area contributed by atoms with Gasteiger partial charge in [-0.2, -0.15) is 0 Å². The first-order valence-corrected chi connectivity index (χ1v) is 10.9. The molecule has 1 fully saturated rings. The van der Waals surface area contributed by atoms with Crippen LogP contribution in [0.1, 0.15) is 0 Å². The van der Waals surface area contributed by atoms with Crippen LogP contribution in [0.25, 0.3) is 16.9 Å². The Hall–Kier alpha value is -3.52. The van der Waals surface area contributed by atoms with Crippen LogP contribution in [-0.2, 0) is 0 Å². The molecular weight excluding hydrogens is 445 g/mol. The van der Waals surface area contributed by atoms with Crippen LogP contribution in [0.5, 0.6) is 11.5 Å². The van der Waals surface area contributed by atoms with Gasteiger partial charge in [0, 0.05) is 68.2 Å². The van der Waals surface area contributed by atoms with Crippen LogP contribution >= 0.6 is 11.6 Å². The fraction of sp³-hybridized carbons (Fsp3) is 0.250. The number of aromatic nitrogens is 3. The Kier molecular flexibility index (Phi) is 5.68. The number of pyridine rings is 2. The largest absolute Gasteiger partial charge is 0.496 e. The lowest BCUT2D eigenvalue weighted by Gasteiger charge is -2.37. The molecule has 0 spiro atoms.